The molecule has 0 aliphatic carbocycles. The van der Waals surface area contributed by atoms with Crippen molar-refractivity contribution in [2.75, 3.05) is 12.4 Å². The SMILES string of the molecule is COc1ccc(CCC(=O)Nc2ccc(-n3nnn(CC(N)=O)c3=O)cc2)cc1. The van der Waals surface area contributed by atoms with E-state index in [-0.39, 0.29) is 12.5 Å². The lowest BCUT2D eigenvalue weighted by Crippen LogP contribution is -2.30. The molecule has 0 aliphatic rings. The Labute approximate surface area is 165 Å². The summed E-state index contributed by atoms with van der Waals surface area (Å²) in [5, 5.41) is 10.1. The van der Waals surface area contributed by atoms with E-state index in [1.54, 1.807) is 31.4 Å². The molecule has 0 atom stereocenters. The van der Waals surface area contributed by atoms with E-state index in [0.717, 1.165) is 20.7 Å². The Hall–Kier alpha value is -3.95. The van der Waals surface area contributed by atoms with Crippen LogP contribution in [0.1, 0.15) is 12.0 Å². The summed E-state index contributed by atoms with van der Waals surface area (Å²) in [6, 6.07) is 14.1. The molecular weight excluding hydrogens is 376 g/mol. The number of anilines is 1. The summed E-state index contributed by atoms with van der Waals surface area (Å²) in [7, 11) is 1.60. The second kappa shape index (κ2) is 8.83. The molecule has 3 aromatic rings. The largest absolute Gasteiger partial charge is 0.497 e. The number of primary amides is 1. The molecule has 0 unspecified atom stereocenters. The van der Waals surface area contributed by atoms with Crippen molar-refractivity contribution in [3.63, 3.8) is 0 Å². The van der Waals surface area contributed by atoms with Crippen molar-refractivity contribution in [1.29, 1.82) is 0 Å². The monoisotopic (exact) mass is 396 g/mol. The molecule has 0 radical (unpaired) electrons. The van der Waals surface area contributed by atoms with Crippen molar-refractivity contribution in [2.24, 2.45) is 5.73 Å². The lowest BCUT2D eigenvalue weighted by Gasteiger charge is -2.07. The van der Waals surface area contributed by atoms with E-state index in [1.807, 2.05) is 24.3 Å². The fourth-order valence-corrected chi connectivity index (χ4v) is 2.64. The molecule has 3 N–H and O–H groups in total. The van der Waals surface area contributed by atoms with Crippen LogP contribution in [0.2, 0.25) is 0 Å². The summed E-state index contributed by atoms with van der Waals surface area (Å²) < 4.78 is 7.02. The highest BCUT2D eigenvalue weighted by molar-refractivity contribution is 5.90. The molecule has 0 bridgehead atoms. The van der Waals surface area contributed by atoms with E-state index in [2.05, 4.69) is 15.7 Å². The van der Waals surface area contributed by atoms with Gasteiger partial charge in [0.25, 0.3) is 0 Å². The summed E-state index contributed by atoms with van der Waals surface area (Å²) >= 11 is 0. The van der Waals surface area contributed by atoms with Crippen molar-refractivity contribution in [2.45, 2.75) is 19.4 Å². The smallest absolute Gasteiger partial charge is 0.368 e. The van der Waals surface area contributed by atoms with E-state index < -0.39 is 11.6 Å². The number of tetrazole rings is 1. The number of amides is 2. The molecule has 150 valence electrons. The normalized spacial score (nSPS) is 10.5. The van der Waals surface area contributed by atoms with Gasteiger partial charge < -0.3 is 15.8 Å². The number of rotatable bonds is 8. The highest BCUT2D eigenvalue weighted by Gasteiger charge is 2.11. The van der Waals surface area contributed by atoms with Gasteiger partial charge in [-0.25, -0.2) is 4.79 Å². The highest BCUT2D eigenvalue weighted by Crippen LogP contribution is 2.14. The quantitative estimate of drug-likeness (QED) is 0.569. The fraction of sp³-hybridized carbons (Fsp3) is 0.211. The fourth-order valence-electron chi connectivity index (χ4n) is 2.64. The maximum absolute atomic E-state index is 12.2. The number of carbonyl (C=O) groups is 2. The summed E-state index contributed by atoms with van der Waals surface area (Å²) in [5.74, 6) is -0.0444. The van der Waals surface area contributed by atoms with Crippen molar-refractivity contribution in [3.05, 3.63) is 64.6 Å². The van der Waals surface area contributed by atoms with E-state index in [4.69, 9.17) is 10.5 Å². The van der Waals surface area contributed by atoms with Gasteiger partial charge in [0, 0.05) is 12.1 Å². The number of nitrogens with two attached hydrogens (primary N) is 1. The minimum Gasteiger partial charge on any atom is -0.497 e. The van der Waals surface area contributed by atoms with Gasteiger partial charge in [0.2, 0.25) is 11.8 Å². The Bertz CT molecular complexity index is 1050. The summed E-state index contributed by atoms with van der Waals surface area (Å²) in [6.45, 7) is -0.346. The average Bonchev–Trinajstić information content (AvgIpc) is 3.07. The van der Waals surface area contributed by atoms with Crippen LogP contribution in [-0.2, 0) is 22.6 Å². The Morgan fingerprint density at radius 2 is 1.76 bits per heavy atom. The minimum atomic E-state index is -0.688. The molecule has 29 heavy (non-hydrogen) atoms. The number of aromatic nitrogens is 4. The highest BCUT2D eigenvalue weighted by atomic mass is 16.5. The van der Waals surface area contributed by atoms with Crippen LogP contribution in [0.3, 0.4) is 0 Å². The van der Waals surface area contributed by atoms with Gasteiger partial charge in [0.15, 0.2) is 0 Å². The lowest BCUT2D eigenvalue weighted by atomic mass is 10.1. The summed E-state index contributed by atoms with van der Waals surface area (Å²) in [4.78, 5) is 35.2. The van der Waals surface area contributed by atoms with E-state index in [9.17, 15) is 14.4 Å². The molecule has 0 spiro atoms. The molecule has 1 aromatic heterocycles. The van der Waals surface area contributed by atoms with Crippen LogP contribution in [0.5, 0.6) is 5.75 Å². The molecule has 0 aliphatic heterocycles. The van der Waals surface area contributed by atoms with Crippen LogP contribution >= 0.6 is 0 Å². The third-order valence-electron chi connectivity index (χ3n) is 4.14. The zero-order valence-electron chi connectivity index (χ0n) is 15.7. The van der Waals surface area contributed by atoms with Crippen LogP contribution in [-0.4, -0.2) is 38.7 Å². The van der Waals surface area contributed by atoms with Gasteiger partial charge in [-0.15, -0.1) is 0 Å². The second-order valence-corrected chi connectivity index (χ2v) is 6.24. The van der Waals surface area contributed by atoms with Gasteiger partial charge in [0.1, 0.15) is 12.3 Å². The first kappa shape index (κ1) is 19.8. The van der Waals surface area contributed by atoms with Crippen molar-refractivity contribution < 1.29 is 14.3 Å². The Morgan fingerprint density at radius 1 is 1.07 bits per heavy atom. The third kappa shape index (κ3) is 5.06. The number of nitrogens with one attached hydrogen (secondary N) is 1. The predicted octanol–water partition coefficient (Wildman–Crippen LogP) is 0.494. The van der Waals surface area contributed by atoms with Gasteiger partial charge in [-0.2, -0.15) is 9.36 Å². The van der Waals surface area contributed by atoms with Gasteiger partial charge >= 0.3 is 5.69 Å². The minimum absolute atomic E-state index is 0.127. The number of nitrogens with zero attached hydrogens (tertiary/aromatic N) is 4. The number of hydrogen-bond donors (Lipinski definition) is 2. The second-order valence-electron chi connectivity index (χ2n) is 6.24. The number of benzene rings is 2. The molecular formula is C19H20N6O4. The predicted molar refractivity (Wildman–Crippen MR) is 105 cm³/mol. The lowest BCUT2D eigenvalue weighted by molar-refractivity contribution is -0.119. The number of hydrogen-bond acceptors (Lipinski definition) is 6. The van der Waals surface area contributed by atoms with Crippen LogP contribution in [0.15, 0.2) is 53.3 Å². The van der Waals surface area contributed by atoms with Crippen LogP contribution in [0.4, 0.5) is 5.69 Å². The molecule has 0 saturated carbocycles. The zero-order valence-corrected chi connectivity index (χ0v) is 15.7. The molecule has 10 heteroatoms. The van der Waals surface area contributed by atoms with E-state index in [0.29, 0.717) is 24.2 Å². The molecule has 0 saturated heterocycles. The van der Waals surface area contributed by atoms with Crippen molar-refractivity contribution >= 4 is 17.5 Å². The number of aryl methyl sites for hydroxylation is 1. The maximum Gasteiger partial charge on any atom is 0.368 e. The van der Waals surface area contributed by atoms with Gasteiger partial charge in [-0.3, -0.25) is 9.59 Å². The van der Waals surface area contributed by atoms with Crippen molar-refractivity contribution in [3.8, 4) is 11.4 Å². The first-order chi connectivity index (χ1) is 14.0. The van der Waals surface area contributed by atoms with Crippen LogP contribution < -0.4 is 21.5 Å². The molecule has 2 aromatic carbocycles. The molecule has 2 amide bonds. The number of carbonyl (C=O) groups excluding carboxylic acids is 2. The average molecular weight is 396 g/mol. The van der Waals surface area contributed by atoms with Gasteiger partial charge in [-0.05, 0) is 58.8 Å². The first-order valence-electron chi connectivity index (χ1n) is 8.80. The Balaban J connectivity index is 1.58. The van der Waals surface area contributed by atoms with Gasteiger partial charge in [0.05, 0.1) is 12.8 Å². The number of ether oxygens (including phenoxy) is 1. The number of methoxy groups -OCH3 is 1. The summed E-state index contributed by atoms with van der Waals surface area (Å²) in [5.41, 5.74) is 6.55. The topological polar surface area (TPSA) is 134 Å². The summed E-state index contributed by atoms with van der Waals surface area (Å²) in [6.07, 6.45) is 0.932. The molecule has 0 fully saturated rings. The van der Waals surface area contributed by atoms with E-state index >= 15 is 0 Å². The van der Waals surface area contributed by atoms with Crippen molar-refractivity contribution in [1.82, 2.24) is 19.8 Å². The van der Waals surface area contributed by atoms with Crippen LogP contribution in [0.25, 0.3) is 5.69 Å². The standard InChI is InChI=1S/C19H20N6O4/c1-29-16-9-2-13(3-10-16)4-11-18(27)21-14-5-7-15(8-6-14)25-19(28)24(22-23-25)12-17(20)26/h2-3,5-10H,4,11-12H2,1H3,(H2,20,26)(H,21,27). The molecule has 3 rings (SSSR count). The Kier molecular flexibility index (Phi) is 6.03. The van der Waals surface area contributed by atoms with Gasteiger partial charge in [-0.1, -0.05) is 12.1 Å². The first-order valence-corrected chi connectivity index (χ1v) is 8.80. The molecule has 10 nitrogen and oxygen atoms in total. The Morgan fingerprint density at radius 3 is 2.38 bits per heavy atom. The third-order valence-corrected chi connectivity index (χ3v) is 4.14. The van der Waals surface area contributed by atoms with E-state index in [1.165, 1.54) is 0 Å². The molecule has 1 heterocycles. The zero-order chi connectivity index (χ0) is 20.8. The van der Waals surface area contributed by atoms with Crippen LogP contribution in [0, 0.1) is 0 Å². The maximum atomic E-state index is 12.2.